The van der Waals surface area contributed by atoms with Gasteiger partial charge in [-0.1, -0.05) is 36.0 Å². The van der Waals surface area contributed by atoms with Crippen molar-refractivity contribution in [2.24, 2.45) is 0 Å². The van der Waals surface area contributed by atoms with E-state index < -0.39 is 0 Å². The van der Waals surface area contributed by atoms with Crippen LogP contribution >= 0.6 is 11.8 Å². The minimum absolute atomic E-state index is 0.0922. The molecule has 1 aromatic carbocycles. The highest BCUT2D eigenvalue weighted by Crippen LogP contribution is 2.27. The van der Waals surface area contributed by atoms with Crippen LogP contribution < -0.4 is 5.32 Å². The number of allylic oxidation sites excluding steroid dienone is 1. The maximum atomic E-state index is 12.1. The highest BCUT2D eigenvalue weighted by Gasteiger charge is 2.17. The summed E-state index contributed by atoms with van der Waals surface area (Å²) >= 11 is 1.34. The molecule has 3 rings (SSSR count). The lowest BCUT2D eigenvalue weighted by atomic mass is 10.2. The quantitative estimate of drug-likeness (QED) is 0.516. The van der Waals surface area contributed by atoms with Crippen LogP contribution in [0.5, 0.6) is 0 Å². The molecule has 2 aromatic heterocycles. The van der Waals surface area contributed by atoms with Crippen molar-refractivity contribution in [3.05, 3.63) is 61.1 Å². The van der Waals surface area contributed by atoms with Gasteiger partial charge in [0.1, 0.15) is 5.76 Å². The van der Waals surface area contributed by atoms with Crippen LogP contribution in [0.4, 0.5) is 5.69 Å². The lowest BCUT2D eigenvalue weighted by Gasteiger charge is -2.07. The summed E-state index contributed by atoms with van der Waals surface area (Å²) in [4.78, 5) is 12.1. The number of thioether (sulfide) groups is 1. The monoisotopic (exact) mass is 354 g/mol. The van der Waals surface area contributed by atoms with Crippen LogP contribution in [0.15, 0.2) is 64.9 Å². The molecule has 128 valence electrons. The maximum absolute atomic E-state index is 12.1. The first-order valence-electron chi connectivity index (χ1n) is 7.75. The Labute approximate surface area is 150 Å². The number of para-hydroxylation sites is 1. The topological polar surface area (TPSA) is 73.0 Å². The van der Waals surface area contributed by atoms with E-state index in [9.17, 15) is 4.79 Å². The lowest BCUT2D eigenvalue weighted by Crippen LogP contribution is -2.14. The van der Waals surface area contributed by atoms with Crippen LogP contribution in [0, 0.1) is 6.92 Å². The van der Waals surface area contributed by atoms with Gasteiger partial charge in [0, 0.05) is 12.2 Å². The molecule has 0 aliphatic carbocycles. The molecule has 0 atom stereocenters. The highest BCUT2D eigenvalue weighted by atomic mass is 32.2. The lowest BCUT2D eigenvalue weighted by molar-refractivity contribution is -0.113. The minimum Gasteiger partial charge on any atom is -0.469 e. The van der Waals surface area contributed by atoms with E-state index in [1.165, 1.54) is 11.8 Å². The minimum atomic E-state index is -0.0922. The van der Waals surface area contributed by atoms with Gasteiger partial charge >= 0.3 is 0 Å². The number of amides is 1. The number of carbonyl (C=O) groups excluding carboxylic acids is 1. The number of hydrogen-bond acceptors (Lipinski definition) is 5. The van der Waals surface area contributed by atoms with E-state index in [0.717, 1.165) is 17.0 Å². The summed E-state index contributed by atoms with van der Waals surface area (Å²) in [6.07, 6.45) is 3.40. The van der Waals surface area contributed by atoms with E-state index in [1.807, 2.05) is 47.9 Å². The standard InChI is InChI=1S/C18H18N4O2S/c1-3-10-22-17(15-9-11-24-13(15)2)20-21-18(22)25-12-16(23)19-14-7-5-4-6-8-14/h3-9,11H,1,10,12H2,2H3,(H,19,23). The molecule has 1 N–H and O–H groups in total. The second-order valence-corrected chi connectivity index (χ2v) is 6.24. The Kier molecular flexibility index (Phi) is 5.35. The van der Waals surface area contributed by atoms with Crippen LogP contribution in [0.2, 0.25) is 0 Å². The van der Waals surface area contributed by atoms with Crippen molar-refractivity contribution in [1.82, 2.24) is 14.8 Å². The number of hydrogen-bond donors (Lipinski definition) is 1. The largest absolute Gasteiger partial charge is 0.469 e. The number of benzene rings is 1. The molecule has 3 aromatic rings. The summed E-state index contributed by atoms with van der Waals surface area (Å²) in [6, 6.07) is 11.2. The second kappa shape index (κ2) is 7.85. The van der Waals surface area contributed by atoms with E-state index in [1.54, 1.807) is 12.3 Å². The normalized spacial score (nSPS) is 10.6. The Morgan fingerprint density at radius 3 is 2.80 bits per heavy atom. The summed E-state index contributed by atoms with van der Waals surface area (Å²) in [5.74, 6) is 1.63. The Bertz CT molecular complexity index is 870. The van der Waals surface area contributed by atoms with Crippen molar-refractivity contribution in [3.63, 3.8) is 0 Å². The molecule has 25 heavy (non-hydrogen) atoms. The average molecular weight is 354 g/mol. The molecule has 1 amide bonds. The molecule has 0 spiro atoms. The second-order valence-electron chi connectivity index (χ2n) is 5.30. The Morgan fingerprint density at radius 2 is 2.12 bits per heavy atom. The van der Waals surface area contributed by atoms with Gasteiger partial charge in [-0.3, -0.25) is 9.36 Å². The molecule has 7 heteroatoms. The molecule has 2 heterocycles. The predicted molar refractivity (Wildman–Crippen MR) is 98.5 cm³/mol. The number of furan rings is 1. The van der Waals surface area contributed by atoms with Crippen molar-refractivity contribution >= 4 is 23.4 Å². The molecule has 0 saturated carbocycles. The zero-order chi connectivity index (χ0) is 17.6. The fourth-order valence-corrected chi connectivity index (χ4v) is 3.10. The van der Waals surface area contributed by atoms with Crippen molar-refractivity contribution < 1.29 is 9.21 Å². The van der Waals surface area contributed by atoms with E-state index in [4.69, 9.17) is 4.42 Å². The Hall–Kier alpha value is -2.80. The fraction of sp³-hybridized carbons (Fsp3) is 0.167. The smallest absolute Gasteiger partial charge is 0.234 e. The molecule has 0 aliphatic rings. The summed E-state index contributed by atoms with van der Waals surface area (Å²) in [6.45, 7) is 6.21. The molecule has 0 bridgehead atoms. The molecule has 0 aliphatic heterocycles. The number of nitrogens with zero attached hydrogens (tertiary/aromatic N) is 3. The van der Waals surface area contributed by atoms with Crippen molar-refractivity contribution in [1.29, 1.82) is 0 Å². The summed E-state index contributed by atoms with van der Waals surface area (Å²) in [5.41, 5.74) is 1.66. The zero-order valence-corrected chi connectivity index (χ0v) is 14.6. The number of anilines is 1. The van der Waals surface area contributed by atoms with Crippen molar-refractivity contribution in [2.45, 2.75) is 18.6 Å². The number of aryl methyl sites for hydroxylation is 1. The van der Waals surface area contributed by atoms with Crippen molar-refractivity contribution in [2.75, 3.05) is 11.1 Å². The van der Waals surface area contributed by atoms with Crippen LogP contribution in [0.1, 0.15) is 5.76 Å². The summed E-state index contributed by atoms with van der Waals surface area (Å²) < 4.78 is 7.27. The highest BCUT2D eigenvalue weighted by molar-refractivity contribution is 7.99. The van der Waals surface area contributed by atoms with E-state index in [2.05, 4.69) is 22.1 Å². The third-order valence-corrected chi connectivity index (χ3v) is 4.48. The number of aromatic nitrogens is 3. The first-order chi connectivity index (χ1) is 12.2. The van der Waals surface area contributed by atoms with Crippen LogP contribution in [0.25, 0.3) is 11.4 Å². The molecular weight excluding hydrogens is 336 g/mol. The molecule has 0 fully saturated rings. The van der Waals surface area contributed by atoms with Crippen LogP contribution in [-0.2, 0) is 11.3 Å². The molecular formula is C18H18N4O2S. The molecule has 0 saturated heterocycles. The Morgan fingerprint density at radius 1 is 1.32 bits per heavy atom. The maximum Gasteiger partial charge on any atom is 0.234 e. The van der Waals surface area contributed by atoms with Gasteiger partial charge in [-0.05, 0) is 25.1 Å². The van der Waals surface area contributed by atoms with Gasteiger partial charge in [-0.25, -0.2) is 0 Å². The summed E-state index contributed by atoms with van der Waals surface area (Å²) in [7, 11) is 0. The van der Waals surface area contributed by atoms with E-state index in [-0.39, 0.29) is 11.7 Å². The fourth-order valence-electron chi connectivity index (χ4n) is 2.35. The van der Waals surface area contributed by atoms with Gasteiger partial charge in [0.25, 0.3) is 0 Å². The third kappa shape index (κ3) is 4.00. The van der Waals surface area contributed by atoms with Crippen LogP contribution in [-0.4, -0.2) is 26.4 Å². The first-order valence-corrected chi connectivity index (χ1v) is 8.74. The molecule has 0 unspecified atom stereocenters. The van der Waals surface area contributed by atoms with Crippen LogP contribution in [0.3, 0.4) is 0 Å². The Balaban J connectivity index is 1.72. The van der Waals surface area contributed by atoms with Gasteiger partial charge < -0.3 is 9.73 Å². The summed E-state index contributed by atoms with van der Waals surface area (Å²) in [5, 5.41) is 12.0. The van der Waals surface area contributed by atoms with E-state index in [0.29, 0.717) is 17.5 Å². The number of nitrogens with one attached hydrogen (secondary N) is 1. The number of carbonyl (C=O) groups is 1. The van der Waals surface area contributed by atoms with Gasteiger partial charge in [0.2, 0.25) is 5.91 Å². The van der Waals surface area contributed by atoms with Gasteiger partial charge in [0.15, 0.2) is 11.0 Å². The molecule has 0 radical (unpaired) electrons. The van der Waals surface area contributed by atoms with Gasteiger partial charge in [0.05, 0.1) is 17.6 Å². The molecule has 6 nitrogen and oxygen atoms in total. The van der Waals surface area contributed by atoms with Gasteiger partial charge in [-0.2, -0.15) is 0 Å². The van der Waals surface area contributed by atoms with Gasteiger partial charge in [-0.15, -0.1) is 16.8 Å². The predicted octanol–water partition coefficient (Wildman–Crippen LogP) is 3.76. The third-order valence-electron chi connectivity index (χ3n) is 3.52. The zero-order valence-electron chi connectivity index (χ0n) is 13.8. The number of rotatable bonds is 7. The van der Waals surface area contributed by atoms with Crippen molar-refractivity contribution in [3.8, 4) is 11.4 Å². The average Bonchev–Trinajstić information content (AvgIpc) is 3.20. The SMILES string of the molecule is C=CCn1c(SCC(=O)Nc2ccccc2)nnc1-c1ccoc1C. The van der Waals surface area contributed by atoms with E-state index >= 15 is 0 Å². The first kappa shape index (κ1) is 17.0.